The molecule has 3 aliphatic heterocycles. The van der Waals surface area contributed by atoms with Crippen LogP contribution in [0.4, 0.5) is 10.1 Å². The standard InChI is InChI=1S/C24H25FN2O4/c25-17-5-3-4-16(12-17)23(29)26-13-20-22(18-6-1-2-7-19(18)26)21(14-28)27(20)24(30)15-8-10-31-11-9-15/h1-7,12,15,20-22,28H,8-11,13-14H2/t20-,21-,22-/m1/s1. The van der Waals surface area contributed by atoms with Crippen LogP contribution in [0.15, 0.2) is 48.5 Å². The number of amides is 2. The van der Waals surface area contributed by atoms with Gasteiger partial charge < -0.3 is 19.6 Å². The van der Waals surface area contributed by atoms with Crippen LogP contribution >= 0.6 is 0 Å². The molecule has 3 atom stereocenters. The highest BCUT2D eigenvalue weighted by Gasteiger charge is 2.56. The van der Waals surface area contributed by atoms with E-state index in [1.165, 1.54) is 18.2 Å². The topological polar surface area (TPSA) is 70.1 Å². The summed E-state index contributed by atoms with van der Waals surface area (Å²) < 4.78 is 19.1. The van der Waals surface area contributed by atoms with Gasteiger partial charge in [-0.15, -0.1) is 0 Å². The van der Waals surface area contributed by atoms with Crippen molar-refractivity contribution in [2.24, 2.45) is 5.92 Å². The molecule has 0 saturated carbocycles. The molecule has 7 heteroatoms. The Morgan fingerprint density at radius 2 is 1.87 bits per heavy atom. The van der Waals surface area contributed by atoms with Gasteiger partial charge in [0, 0.05) is 42.8 Å². The van der Waals surface area contributed by atoms with E-state index in [1.807, 2.05) is 24.3 Å². The van der Waals surface area contributed by atoms with E-state index in [1.54, 1.807) is 15.9 Å². The fourth-order valence-corrected chi connectivity index (χ4v) is 5.32. The fourth-order valence-electron chi connectivity index (χ4n) is 5.32. The lowest BCUT2D eigenvalue weighted by molar-refractivity contribution is -0.157. The predicted octanol–water partition coefficient (Wildman–Crippen LogP) is 2.57. The van der Waals surface area contributed by atoms with Crippen molar-refractivity contribution in [1.82, 2.24) is 4.90 Å². The number of nitrogens with zero attached hydrogens (tertiary/aromatic N) is 2. The van der Waals surface area contributed by atoms with Crippen molar-refractivity contribution in [1.29, 1.82) is 0 Å². The summed E-state index contributed by atoms with van der Waals surface area (Å²) in [6.07, 6.45) is 1.35. The first-order chi connectivity index (χ1) is 15.1. The molecule has 2 aromatic carbocycles. The summed E-state index contributed by atoms with van der Waals surface area (Å²) in [6.45, 7) is 1.33. The summed E-state index contributed by atoms with van der Waals surface area (Å²) in [5.74, 6) is -0.873. The molecule has 6 nitrogen and oxygen atoms in total. The highest BCUT2D eigenvalue weighted by molar-refractivity contribution is 6.07. The van der Waals surface area contributed by atoms with Crippen molar-refractivity contribution in [3.63, 3.8) is 0 Å². The van der Waals surface area contributed by atoms with Crippen molar-refractivity contribution in [2.75, 3.05) is 31.3 Å². The number of carbonyl (C=O) groups excluding carboxylic acids is 2. The summed E-state index contributed by atoms with van der Waals surface area (Å²) >= 11 is 0. The molecule has 0 unspecified atom stereocenters. The number of ether oxygens (including phenoxy) is 1. The van der Waals surface area contributed by atoms with Crippen molar-refractivity contribution < 1.29 is 23.8 Å². The van der Waals surface area contributed by atoms with E-state index in [2.05, 4.69) is 0 Å². The van der Waals surface area contributed by atoms with Gasteiger partial charge in [0.05, 0.1) is 18.7 Å². The van der Waals surface area contributed by atoms with Crippen LogP contribution in [0, 0.1) is 11.7 Å². The quantitative estimate of drug-likeness (QED) is 0.822. The number of fused-ring (bicyclic) bond motifs is 3. The van der Waals surface area contributed by atoms with E-state index in [0.717, 1.165) is 11.3 Å². The van der Waals surface area contributed by atoms with Gasteiger partial charge in [-0.2, -0.15) is 0 Å². The number of hydrogen-bond donors (Lipinski definition) is 1. The molecule has 3 heterocycles. The minimum Gasteiger partial charge on any atom is -0.394 e. The van der Waals surface area contributed by atoms with Crippen molar-refractivity contribution in [2.45, 2.75) is 30.8 Å². The Bertz CT molecular complexity index is 1010. The van der Waals surface area contributed by atoms with Crippen molar-refractivity contribution in [3.8, 4) is 0 Å². The largest absolute Gasteiger partial charge is 0.394 e. The van der Waals surface area contributed by atoms with Gasteiger partial charge in [-0.1, -0.05) is 24.3 Å². The van der Waals surface area contributed by atoms with Crippen LogP contribution in [-0.2, 0) is 9.53 Å². The third-order valence-electron chi connectivity index (χ3n) is 6.83. The minimum atomic E-state index is -0.464. The Kier molecular flexibility index (Phi) is 5.24. The number of rotatable bonds is 3. The van der Waals surface area contributed by atoms with E-state index in [0.29, 0.717) is 32.6 Å². The zero-order valence-electron chi connectivity index (χ0n) is 17.1. The second-order valence-electron chi connectivity index (χ2n) is 8.46. The molecule has 5 rings (SSSR count). The van der Waals surface area contributed by atoms with Gasteiger partial charge in [0.25, 0.3) is 5.91 Å². The molecular formula is C24H25FN2O4. The van der Waals surface area contributed by atoms with Crippen molar-refractivity contribution in [3.05, 3.63) is 65.5 Å². The zero-order chi connectivity index (χ0) is 21.5. The zero-order valence-corrected chi connectivity index (χ0v) is 17.1. The summed E-state index contributed by atoms with van der Waals surface area (Å²) in [7, 11) is 0. The Hall–Kier alpha value is -2.77. The smallest absolute Gasteiger partial charge is 0.258 e. The van der Waals surface area contributed by atoms with Crippen LogP contribution in [-0.4, -0.2) is 60.3 Å². The highest BCUT2D eigenvalue weighted by Crippen LogP contribution is 2.49. The van der Waals surface area contributed by atoms with E-state index >= 15 is 0 Å². The SMILES string of the molecule is O=C(c1cccc(F)c1)N1C[C@@H]2[C@@H](c3ccccc31)[C@@H](CO)N2C(=O)C1CCOCC1. The normalized spacial score (nSPS) is 25.4. The Balaban J connectivity index is 1.49. The number of hydrogen-bond acceptors (Lipinski definition) is 4. The first-order valence-electron chi connectivity index (χ1n) is 10.8. The van der Waals surface area contributed by atoms with Gasteiger partial charge in [0.1, 0.15) is 5.82 Å². The maximum Gasteiger partial charge on any atom is 0.258 e. The summed E-state index contributed by atoms with van der Waals surface area (Å²) in [4.78, 5) is 30.0. The van der Waals surface area contributed by atoms with E-state index in [-0.39, 0.29) is 47.9 Å². The minimum absolute atomic E-state index is 0.0263. The van der Waals surface area contributed by atoms with Crippen LogP contribution in [0.25, 0.3) is 0 Å². The van der Waals surface area contributed by atoms with E-state index in [9.17, 15) is 19.1 Å². The van der Waals surface area contributed by atoms with Gasteiger partial charge in [0.2, 0.25) is 5.91 Å². The highest BCUT2D eigenvalue weighted by atomic mass is 19.1. The average molecular weight is 424 g/mol. The Morgan fingerprint density at radius 1 is 1.10 bits per heavy atom. The van der Waals surface area contributed by atoms with Crippen LogP contribution in [0.5, 0.6) is 0 Å². The number of aliphatic hydroxyl groups is 1. The maximum atomic E-state index is 13.7. The summed E-state index contributed by atoms with van der Waals surface area (Å²) in [5, 5.41) is 10.1. The maximum absolute atomic E-state index is 13.7. The van der Waals surface area contributed by atoms with Crippen molar-refractivity contribution >= 4 is 17.5 Å². The number of benzene rings is 2. The second-order valence-corrected chi connectivity index (χ2v) is 8.46. The first kappa shape index (κ1) is 20.2. The van der Waals surface area contributed by atoms with Gasteiger partial charge >= 0.3 is 0 Å². The third kappa shape index (κ3) is 3.32. The monoisotopic (exact) mass is 424 g/mol. The molecule has 0 bridgehead atoms. The molecule has 2 aromatic rings. The van der Waals surface area contributed by atoms with E-state index < -0.39 is 5.82 Å². The van der Waals surface area contributed by atoms with Gasteiger partial charge in [-0.05, 0) is 42.7 Å². The molecule has 2 amide bonds. The lowest BCUT2D eigenvalue weighted by atomic mass is 9.71. The molecule has 0 aromatic heterocycles. The molecule has 0 spiro atoms. The molecule has 0 radical (unpaired) electrons. The summed E-state index contributed by atoms with van der Waals surface area (Å²) in [5.41, 5.74) is 1.97. The number of carbonyl (C=O) groups is 2. The molecular weight excluding hydrogens is 399 g/mol. The fraction of sp³-hybridized carbons (Fsp3) is 0.417. The number of aliphatic hydroxyl groups excluding tert-OH is 1. The average Bonchev–Trinajstić information content (AvgIpc) is 2.79. The van der Waals surface area contributed by atoms with Crippen LogP contribution in [0.1, 0.15) is 34.7 Å². The van der Waals surface area contributed by atoms with E-state index in [4.69, 9.17) is 4.74 Å². The molecule has 0 aliphatic carbocycles. The number of para-hydroxylation sites is 1. The van der Waals surface area contributed by atoms with Crippen LogP contribution < -0.4 is 4.90 Å². The molecule has 2 fully saturated rings. The Morgan fingerprint density at radius 3 is 2.61 bits per heavy atom. The lowest BCUT2D eigenvalue weighted by Gasteiger charge is -2.59. The second kappa shape index (κ2) is 8.05. The van der Waals surface area contributed by atoms with Crippen LogP contribution in [0.2, 0.25) is 0 Å². The number of likely N-dealkylation sites (tertiary alicyclic amines) is 1. The molecule has 31 heavy (non-hydrogen) atoms. The third-order valence-corrected chi connectivity index (χ3v) is 6.83. The predicted molar refractivity (Wildman–Crippen MR) is 112 cm³/mol. The molecule has 2 saturated heterocycles. The number of anilines is 1. The van der Waals surface area contributed by atoms with Gasteiger partial charge in [-0.3, -0.25) is 9.59 Å². The molecule has 162 valence electrons. The van der Waals surface area contributed by atoms with Gasteiger partial charge in [0.15, 0.2) is 0 Å². The Labute approximate surface area is 180 Å². The number of halogens is 1. The van der Waals surface area contributed by atoms with Gasteiger partial charge in [-0.25, -0.2) is 4.39 Å². The van der Waals surface area contributed by atoms with Crippen LogP contribution in [0.3, 0.4) is 0 Å². The summed E-state index contributed by atoms with van der Waals surface area (Å²) in [6, 6.07) is 12.8. The molecule has 1 N–H and O–H groups in total. The molecule has 3 aliphatic rings. The lowest BCUT2D eigenvalue weighted by Crippen LogP contribution is -2.71. The first-order valence-corrected chi connectivity index (χ1v) is 10.8.